The smallest absolute Gasteiger partial charge is 0.870 e. The van der Waals surface area contributed by atoms with Gasteiger partial charge in [0.15, 0.2) is 5.60 Å². The van der Waals surface area contributed by atoms with Crippen LogP contribution < -0.4 is 118 Å². The number of hydrogen-bond donors (Lipinski definition) is 4. The minimum Gasteiger partial charge on any atom is -0.870 e. The minimum absolute atomic E-state index is 0. The van der Waals surface area contributed by atoms with Crippen molar-refractivity contribution in [1.29, 1.82) is 0 Å². The van der Waals surface area contributed by atoms with Gasteiger partial charge in [-0.05, 0) is 0 Å². The Morgan fingerprint density at radius 2 is 0.857 bits per heavy atom. The SMILES string of the molecule is O=C(O)CC(O)(CC(=O)O)C(=O)O.[Na+].[Na+].[Na+].[Na+].[OH-].[OH-].[OH-].[OH-]. The molecule has 0 unspecified atom stereocenters. The van der Waals surface area contributed by atoms with E-state index in [0.717, 1.165) is 0 Å². The molecule has 21 heavy (non-hydrogen) atoms. The quantitative estimate of drug-likeness (QED) is 0.338. The second kappa shape index (κ2) is 27.1. The van der Waals surface area contributed by atoms with E-state index in [2.05, 4.69) is 0 Å². The third-order valence-corrected chi connectivity index (χ3v) is 1.29. The van der Waals surface area contributed by atoms with Gasteiger partial charge in [-0.2, -0.15) is 0 Å². The summed E-state index contributed by atoms with van der Waals surface area (Å²) in [6, 6.07) is 0. The average Bonchev–Trinajstić information content (AvgIpc) is 1.82. The van der Waals surface area contributed by atoms with E-state index in [4.69, 9.17) is 20.4 Å². The van der Waals surface area contributed by atoms with Gasteiger partial charge in [0.2, 0.25) is 0 Å². The third kappa shape index (κ3) is 27.4. The van der Waals surface area contributed by atoms with E-state index >= 15 is 0 Å². The molecule has 8 N–H and O–H groups in total. The second-order valence-corrected chi connectivity index (χ2v) is 2.48. The van der Waals surface area contributed by atoms with Gasteiger partial charge in [0.25, 0.3) is 0 Å². The maximum Gasteiger partial charge on any atom is 1.00 e. The zero-order valence-electron chi connectivity index (χ0n) is 12.2. The molecule has 0 bridgehead atoms. The van der Waals surface area contributed by atoms with E-state index in [-0.39, 0.29) is 140 Å². The van der Waals surface area contributed by atoms with Crippen LogP contribution in [0.15, 0.2) is 0 Å². The van der Waals surface area contributed by atoms with Gasteiger partial charge in [-0.3, -0.25) is 9.59 Å². The molecule has 0 aliphatic carbocycles. The van der Waals surface area contributed by atoms with E-state index in [9.17, 15) is 14.4 Å². The molecule has 0 aromatic heterocycles. The average molecular weight is 352 g/mol. The Morgan fingerprint density at radius 3 is 0.952 bits per heavy atom. The fourth-order valence-electron chi connectivity index (χ4n) is 0.714. The summed E-state index contributed by atoms with van der Waals surface area (Å²) in [5, 5.41) is 33.8. The Morgan fingerprint density at radius 1 is 0.667 bits per heavy atom. The molecule has 0 radical (unpaired) electrons. The van der Waals surface area contributed by atoms with Crippen molar-refractivity contribution in [2.75, 3.05) is 0 Å². The summed E-state index contributed by atoms with van der Waals surface area (Å²) < 4.78 is 0. The van der Waals surface area contributed by atoms with E-state index in [1.165, 1.54) is 0 Å². The van der Waals surface area contributed by atoms with Crippen LogP contribution in [0.25, 0.3) is 0 Å². The van der Waals surface area contributed by atoms with Crippen LogP contribution in [0, 0.1) is 0 Å². The number of rotatable bonds is 5. The predicted molar refractivity (Wildman–Crippen MR) is 44.8 cm³/mol. The van der Waals surface area contributed by atoms with Crippen molar-refractivity contribution in [2.24, 2.45) is 0 Å². The Balaban J connectivity index is -0.0000000257. The second-order valence-electron chi connectivity index (χ2n) is 2.48. The zero-order valence-corrected chi connectivity index (χ0v) is 20.2. The van der Waals surface area contributed by atoms with Gasteiger partial charge >= 0.3 is 136 Å². The van der Waals surface area contributed by atoms with Crippen molar-refractivity contribution in [3.05, 3.63) is 0 Å². The predicted octanol–water partition coefficient (Wildman–Crippen LogP) is -13.9. The number of carboxylic acids is 3. The molecule has 15 heteroatoms. The monoisotopic (exact) mass is 352 g/mol. The topological polar surface area (TPSA) is 252 Å². The van der Waals surface area contributed by atoms with Crippen LogP contribution in [0.4, 0.5) is 0 Å². The summed E-state index contributed by atoms with van der Waals surface area (Å²) in [5.41, 5.74) is -2.74. The van der Waals surface area contributed by atoms with E-state index in [0.29, 0.717) is 0 Å². The number of carboxylic acid groups (broad SMARTS) is 3. The van der Waals surface area contributed by atoms with Crippen molar-refractivity contribution < 1.29 is 175 Å². The van der Waals surface area contributed by atoms with Crippen LogP contribution in [-0.4, -0.2) is 65.8 Å². The van der Waals surface area contributed by atoms with Gasteiger partial charge in [0.1, 0.15) is 0 Å². The molecule has 11 nitrogen and oxygen atoms in total. The summed E-state index contributed by atoms with van der Waals surface area (Å²) in [5.74, 6) is -5.02. The first-order valence-corrected chi connectivity index (χ1v) is 3.17. The van der Waals surface area contributed by atoms with Crippen LogP contribution in [0.2, 0.25) is 0 Å². The Kier molecular flexibility index (Phi) is 73.1. The van der Waals surface area contributed by atoms with Gasteiger partial charge in [-0.15, -0.1) is 0 Å². The maximum absolute atomic E-state index is 10.3. The molecule has 106 valence electrons. The first kappa shape index (κ1) is 56.7. The molecule has 0 spiro atoms. The molecular weight excluding hydrogens is 340 g/mol. The molecular formula is C6H12Na4O11. The van der Waals surface area contributed by atoms with Gasteiger partial charge in [-0.25, -0.2) is 4.79 Å². The van der Waals surface area contributed by atoms with Crippen molar-refractivity contribution in [3.63, 3.8) is 0 Å². The van der Waals surface area contributed by atoms with Gasteiger partial charge in [-0.1, -0.05) is 0 Å². The van der Waals surface area contributed by atoms with E-state index < -0.39 is 36.4 Å². The number of carbonyl (C=O) groups is 3. The van der Waals surface area contributed by atoms with Gasteiger partial charge in [0.05, 0.1) is 12.8 Å². The molecule has 0 rings (SSSR count). The Bertz CT molecular complexity index is 245. The fraction of sp³-hybridized carbons (Fsp3) is 0.500. The molecule has 0 atom stereocenters. The van der Waals surface area contributed by atoms with Crippen molar-refractivity contribution in [3.8, 4) is 0 Å². The van der Waals surface area contributed by atoms with Crippen LogP contribution >= 0.6 is 0 Å². The molecule has 0 aromatic carbocycles. The molecule has 0 amide bonds. The fourth-order valence-corrected chi connectivity index (χ4v) is 0.714. The van der Waals surface area contributed by atoms with Crippen molar-refractivity contribution in [1.82, 2.24) is 0 Å². The van der Waals surface area contributed by atoms with Crippen LogP contribution in [-0.2, 0) is 14.4 Å². The van der Waals surface area contributed by atoms with E-state index in [1.54, 1.807) is 0 Å². The van der Waals surface area contributed by atoms with Crippen LogP contribution in [0.3, 0.4) is 0 Å². The summed E-state index contributed by atoms with van der Waals surface area (Å²) in [6.45, 7) is 0. The minimum atomic E-state index is -2.74. The molecule has 0 heterocycles. The molecule has 0 saturated carbocycles. The first-order chi connectivity index (χ1) is 5.78. The van der Waals surface area contributed by atoms with Gasteiger partial charge < -0.3 is 42.3 Å². The Labute approximate surface area is 208 Å². The Hall–Kier alpha value is 2.21. The van der Waals surface area contributed by atoms with Crippen molar-refractivity contribution >= 4 is 17.9 Å². The van der Waals surface area contributed by atoms with E-state index in [1.807, 2.05) is 0 Å². The molecule has 0 saturated heterocycles. The van der Waals surface area contributed by atoms with Crippen LogP contribution in [0.5, 0.6) is 0 Å². The standard InChI is InChI=1S/C6H8O7.4Na.4H2O/c7-3(8)1-6(13,5(11)12)2-4(9)10;;;;;;;;/h13H,1-2H2,(H,7,8)(H,9,10)(H,11,12);;;;;4*1H2/q;4*+1;;;;/p-4. The summed E-state index contributed by atoms with van der Waals surface area (Å²) in [7, 11) is 0. The zero-order chi connectivity index (χ0) is 10.6. The van der Waals surface area contributed by atoms with Crippen molar-refractivity contribution in [2.45, 2.75) is 18.4 Å². The maximum atomic E-state index is 10.3. The largest absolute Gasteiger partial charge is 1.00 e. The molecule has 0 aromatic rings. The summed E-state index contributed by atoms with van der Waals surface area (Å²) in [4.78, 5) is 30.5. The third-order valence-electron chi connectivity index (χ3n) is 1.29. The molecule has 0 fully saturated rings. The normalized spacial score (nSPS) is 6.71. The number of aliphatic hydroxyl groups is 1. The molecule has 0 aliphatic heterocycles. The summed E-state index contributed by atoms with van der Waals surface area (Å²) >= 11 is 0. The summed E-state index contributed by atoms with van der Waals surface area (Å²) in [6.07, 6.45) is -2.29. The van der Waals surface area contributed by atoms with Crippen LogP contribution in [0.1, 0.15) is 12.8 Å². The number of aliphatic carboxylic acids is 3. The molecule has 0 aliphatic rings. The van der Waals surface area contributed by atoms with Gasteiger partial charge in [0, 0.05) is 0 Å². The number of hydrogen-bond acceptors (Lipinski definition) is 8. The first-order valence-electron chi connectivity index (χ1n) is 3.17.